The van der Waals surface area contributed by atoms with Crippen molar-refractivity contribution in [1.82, 2.24) is 0 Å². The molecule has 0 aliphatic rings. The van der Waals surface area contributed by atoms with Gasteiger partial charge in [0.25, 0.3) is 0 Å². The monoisotopic (exact) mass is 1280 g/mol. The van der Waals surface area contributed by atoms with Crippen LogP contribution in [0.3, 0.4) is 0 Å². The first-order valence-electron chi connectivity index (χ1n) is 25.5. The number of nitrogens with zero attached hydrogens (tertiary/aromatic N) is 1. The van der Waals surface area contributed by atoms with Crippen LogP contribution in [0, 0.1) is 0 Å². The summed E-state index contributed by atoms with van der Waals surface area (Å²) >= 11 is 0. The van der Waals surface area contributed by atoms with Crippen molar-refractivity contribution in [3.63, 3.8) is 0 Å². The fourth-order valence-electron chi connectivity index (χ4n) is 10.5. The Balaban J connectivity index is 0.000000245. The van der Waals surface area contributed by atoms with Crippen molar-refractivity contribution < 1.29 is 115 Å². The quantitative estimate of drug-likeness (QED) is 0.0640. The molecule has 0 saturated heterocycles. The van der Waals surface area contributed by atoms with Gasteiger partial charge in [-0.05, 0) is 52.6 Å². The molecule has 10 aromatic rings. The maximum absolute atomic E-state index is 14.2. The minimum Gasteiger partial charge on any atom is -0.403 e. The van der Waals surface area contributed by atoms with Crippen molar-refractivity contribution in [2.24, 2.45) is 0 Å². The van der Waals surface area contributed by atoms with E-state index in [1.165, 1.54) is 16.3 Å². The fraction of sp³-hybridized carbons (Fsp3) is 0.145. The van der Waals surface area contributed by atoms with Crippen LogP contribution in [-0.4, -0.2) is 6.15 Å². The van der Waals surface area contributed by atoms with Gasteiger partial charge in [0.05, 0.1) is 49.9 Å². The molecule has 0 bridgehead atoms. The van der Waals surface area contributed by atoms with Gasteiger partial charge < -0.3 is 4.74 Å². The number of rotatable bonds is 8. The molecule has 27 heteroatoms. The molecule has 0 unspecified atom stereocenters. The number of hydrogen-bond donors (Lipinski definition) is 0. The van der Waals surface area contributed by atoms with E-state index in [0.717, 1.165) is 39.7 Å². The molecule has 0 saturated carbocycles. The summed E-state index contributed by atoms with van der Waals surface area (Å²) < 4.78 is 350. The lowest BCUT2D eigenvalue weighted by Gasteiger charge is -2.46. The van der Waals surface area contributed by atoms with Crippen molar-refractivity contribution >= 4 is 60.3 Å². The number of pyridine rings is 1. The van der Waals surface area contributed by atoms with Crippen LogP contribution in [0.15, 0.2) is 194 Å². The first-order valence-corrected chi connectivity index (χ1v) is 25.5. The fourth-order valence-corrected chi connectivity index (χ4v) is 10.5. The average Bonchev–Trinajstić information content (AvgIpc) is 0.717. The zero-order chi connectivity index (χ0) is 65.2. The minimum atomic E-state index is -6.13. The van der Waals surface area contributed by atoms with E-state index in [-0.39, 0.29) is 0 Å². The van der Waals surface area contributed by atoms with Crippen LogP contribution in [0.4, 0.5) is 105 Å². The van der Waals surface area contributed by atoms with Crippen LogP contribution in [0.25, 0.3) is 32.3 Å². The average molecular weight is 1280 g/mol. The summed E-state index contributed by atoms with van der Waals surface area (Å²) in [6.45, 7) is 0.740. The van der Waals surface area contributed by atoms with Crippen molar-refractivity contribution in [3.05, 3.63) is 244 Å². The molecule has 0 N–H and O–H groups in total. The summed E-state index contributed by atoms with van der Waals surface area (Å²) in [5, 5.41) is 6.85. The number of halogens is 24. The Morgan fingerprint density at radius 2 is 0.551 bits per heavy atom. The second-order valence-electron chi connectivity index (χ2n) is 20.3. The predicted octanol–water partition coefficient (Wildman–Crippen LogP) is 18.5. The minimum absolute atomic E-state index is 0.691. The van der Waals surface area contributed by atoms with E-state index >= 15 is 0 Å². The van der Waals surface area contributed by atoms with Crippen LogP contribution >= 0.6 is 0 Å². The third-order valence-electron chi connectivity index (χ3n) is 14.4. The number of alkyl halides is 24. The summed E-state index contributed by atoms with van der Waals surface area (Å²) in [6.07, 6.45) is -52.7. The second kappa shape index (κ2) is 22.9. The molecule has 10 rings (SSSR count). The maximum atomic E-state index is 14.2. The molecular formula is C62H34BF24NO. The zero-order valence-electron chi connectivity index (χ0n) is 44.2. The van der Waals surface area contributed by atoms with Crippen LogP contribution in [0.1, 0.15) is 50.1 Å². The van der Waals surface area contributed by atoms with Crippen molar-refractivity contribution in [2.75, 3.05) is 0 Å². The number of hydrogen-bond acceptors (Lipinski definition) is 1. The molecule has 1 heterocycles. The molecule has 0 aliphatic carbocycles. The van der Waals surface area contributed by atoms with E-state index in [1.54, 1.807) is 0 Å². The normalized spacial score (nSPS) is 13.2. The number of ether oxygens (including phenoxy) is 1. The van der Waals surface area contributed by atoms with E-state index in [1.807, 2.05) is 6.07 Å². The standard InChI is InChI=1S/C32H12BF24.C30H22NO/c34-25(35,36)13-1-14(26(37,38)39)6-21(5-13)33(22-7-15(27(40,41)42)2-16(8-22)28(43,44)45,23-9-17(29(46,47)48)3-18(10-23)30(49,50)51)24-11-19(31(52,53)54)4-20(12-24)32(55,56)57;1-2-10-22(11-3-1)21-31-19-18-23-12-4-9-17-28(23)30(31)32-29-26-15-7-5-13-24(26)20-25-14-6-8-16-27(25)29/h1-12H;1-20H,21H2/q-1;+1. The van der Waals surface area contributed by atoms with Gasteiger partial charge in [-0.25, -0.2) is 0 Å². The molecule has 0 aliphatic heterocycles. The number of benzene rings is 9. The van der Waals surface area contributed by atoms with Gasteiger partial charge in [0.2, 0.25) is 0 Å². The van der Waals surface area contributed by atoms with Crippen LogP contribution < -0.4 is 31.2 Å². The van der Waals surface area contributed by atoms with E-state index in [2.05, 4.69) is 120 Å². The van der Waals surface area contributed by atoms with Crippen LogP contribution in [0.5, 0.6) is 11.6 Å². The molecule has 0 atom stereocenters. The molecule has 9 aromatic carbocycles. The van der Waals surface area contributed by atoms with Crippen LogP contribution in [0.2, 0.25) is 0 Å². The Morgan fingerprint density at radius 3 is 0.854 bits per heavy atom. The summed E-state index contributed by atoms with van der Waals surface area (Å²) in [7, 11) is 0. The van der Waals surface area contributed by atoms with Gasteiger partial charge in [0, 0.05) is 22.4 Å². The van der Waals surface area contributed by atoms with Crippen molar-refractivity contribution in [2.45, 2.75) is 56.0 Å². The van der Waals surface area contributed by atoms with Gasteiger partial charge in [-0.2, -0.15) is 132 Å². The Labute approximate surface area is 485 Å². The van der Waals surface area contributed by atoms with Crippen LogP contribution in [-0.2, 0) is 56.0 Å². The first kappa shape index (κ1) is 64.6. The van der Waals surface area contributed by atoms with E-state index in [0.29, 0.717) is 0 Å². The Bertz CT molecular complexity index is 3780. The Kier molecular flexibility index (Phi) is 16.6. The highest BCUT2D eigenvalue weighted by atomic mass is 19.4. The lowest BCUT2D eigenvalue weighted by atomic mass is 9.12. The van der Waals surface area contributed by atoms with Gasteiger partial charge in [-0.3, -0.25) is 0 Å². The smallest absolute Gasteiger partial charge is 0.403 e. The molecule has 0 amide bonds. The molecule has 0 radical (unpaired) electrons. The largest absolute Gasteiger partial charge is 0.416 e. The summed E-state index contributed by atoms with van der Waals surface area (Å²) in [5.74, 6) is 1.75. The Hall–Kier alpha value is -8.91. The van der Waals surface area contributed by atoms with Crippen molar-refractivity contribution in [3.8, 4) is 11.6 Å². The second-order valence-corrected chi connectivity index (χ2v) is 20.3. The highest BCUT2D eigenvalue weighted by Crippen LogP contribution is 2.43. The maximum Gasteiger partial charge on any atom is 0.416 e. The van der Waals surface area contributed by atoms with Gasteiger partial charge in [-0.1, -0.05) is 146 Å². The SMILES string of the molecule is FC(F)(F)c1cc([B-](c2cc(C(F)(F)F)cc(C(F)(F)F)c2)(c2cc(C(F)(F)F)cc(C(F)(F)F)c2)c2cc(C(F)(F)F)cc(C(F)(F)F)c2)cc(C(F)(F)F)c1.c1ccc(C[n+]2ccc3ccccc3c2Oc2c3ccccc3cc3ccccc23)cc1. The van der Waals surface area contributed by atoms with E-state index in [4.69, 9.17) is 4.74 Å². The molecule has 1 aromatic heterocycles. The molecule has 0 fully saturated rings. The van der Waals surface area contributed by atoms with E-state index in [9.17, 15) is 105 Å². The van der Waals surface area contributed by atoms with Gasteiger partial charge in [0.1, 0.15) is 11.9 Å². The van der Waals surface area contributed by atoms with Crippen molar-refractivity contribution in [1.29, 1.82) is 0 Å². The highest BCUT2D eigenvalue weighted by Gasteiger charge is 2.47. The number of aromatic nitrogens is 1. The summed E-state index contributed by atoms with van der Waals surface area (Å²) in [4.78, 5) is 0. The third-order valence-corrected chi connectivity index (χ3v) is 14.4. The van der Waals surface area contributed by atoms with Gasteiger partial charge >= 0.3 is 55.3 Å². The molecule has 2 nitrogen and oxygen atoms in total. The molecule has 89 heavy (non-hydrogen) atoms. The highest BCUT2D eigenvalue weighted by molar-refractivity contribution is 7.20. The zero-order valence-corrected chi connectivity index (χ0v) is 44.2. The number of fused-ring (bicyclic) bond motifs is 3. The lowest BCUT2D eigenvalue weighted by Crippen LogP contribution is -2.75. The summed E-state index contributed by atoms with van der Waals surface area (Å²) in [5.41, 5.74) is -29.0. The lowest BCUT2D eigenvalue weighted by molar-refractivity contribution is -0.690. The third kappa shape index (κ3) is 13.7. The predicted molar refractivity (Wildman–Crippen MR) is 281 cm³/mol. The Morgan fingerprint density at radius 1 is 0.281 bits per heavy atom. The first-order chi connectivity index (χ1) is 41.1. The topological polar surface area (TPSA) is 13.1 Å². The van der Waals surface area contributed by atoms with E-state index < -0.39 is 195 Å². The summed E-state index contributed by atoms with van der Waals surface area (Å²) in [6, 6.07) is 31.4. The molecule has 0 spiro atoms. The van der Waals surface area contributed by atoms with Gasteiger partial charge in [-0.15, -0.1) is 0 Å². The van der Waals surface area contributed by atoms with Gasteiger partial charge in [0.15, 0.2) is 12.7 Å². The molecule has 464 valence electrons. The molecular weight excluding hydrogens is 1240 g/mol.